The largest absolute Gasteiger partial charge is 0.354 e. The van der Waals surface area contributed by atoms with Gasteiger partial charge in [-0.3, -0.25) is 9.59 Å². The Balaban J connectivity index is 2.02. The second-order valence-electron chi connectivity index (χ2n) is 8.98. The second-order valence-corrected chi connectivity index (χ2v) is 10.6. The molecule has 0 aromatic heterocycles. The van der Waals surface area contributed by atoms with Gasteiger partial charge in [0, 0.05) is 39.6 Å². The Kier molecular flexibility index (Phi) is 10.5. The smallest absolute Gasteiger partial charge is 0.243 e. The maximum absolute atomic E-state index is 13.8. The number of hydrogen-bond acceptors (Lipinski definition) is 2. The molecule has 0 aliphatic carbocycles. The van der Waals surface area contributed by atoms with Crippen LogP contribution in [0.25, 0.3) is 0 Å². The molecule has 2 amide bonds. The van der Waals surface area contributed by atoms with Crippen molar-refractivity contribution in [3.63, 3.8) is 0 Å². The second kappa shape index (κ2) is 13.3. The molecule has 8 heteroatoms. The summed E-state index contributed by atoms with van der Waals surface area (Å²) in [5.41, 5.74) is 2.12. The van der Waals surface area contributed by atoms with Gasteiger partial charge in [-0.05, 0) is 46.9 Å². The molecule has 36 heavy (non-hydrogen) atoms. The van der Waals surface area contributed by atoms with E-state index >= 15 is 0 Å². The van der Waals surface area contributed by atoms with Crippen LogP contribution >= 0.6 is 46.4 Å². The summed E-state index contributed by atoms with van der Waals surface area (Å²) in [6, 6.07) is 19.0. The number of amides is 2. The molecular formula is C28H28Cl4N2O2. The standard InChI is InChI=1S/C28H28Cl4N2O2/c1-18(2)16-33-28(36)26(13-19-7-4-3-5-8-19)34(17-20-11-12-21(29)14-25(20)32)27(35)15-22-23(30)9-6-10-24(22)31/h3-12,14,18,26H,13,15-17H2,1-2H3,(H,33,36)/t26-/m0/s1. The number of benzene rings is 3. The van der Waals surface area contributed by atoms with Gasteiger partial charge in [-0.15, -0.1) is 0 Å². The molecule has 0 saturated heterocycles. The fourth-order valence-corrected chi connectivity index (χ4v) is 4.76. The molecule has 1 N–H and O–H groups in total. The van der Waals surface area contributed by atoms with Crippen molar-refractivity contribution in [1.82, 2.24) is 10.2 Å². The van der Waals surface area contributed by atoms with Crippen LogP contribution in [0.5, 0.6) is 0 Å². The Labute approximate surface area is 232 Å². The lowest BCUT2D eigenvalue weighted by Gasteiger charge is -2.32. The average Bonchev–Trinajstić information content (AvgIpc) is 2.84. The third kappa shape index (κ3) is 7.88. The summed E-state index contributed by atoms with van der Waals surface area (Å²) in [6.07, 6.45) is 0.268. The minimum absolute atomic E-state index is 0.0630. The minimum Gasteiger partial charge on any atom is -0.354 e. The summed E-state index contributed by atoms with van der Waals surface area (Å²) >= 11 is 25.3. The van der Waals surface area contributed by atoms with Crippen molar-refractivity contribution < 1.29 is 9.59 Å². The Hall–Kier alpha value is -2.24. The van der Waals surface area contributed by atoms with Gasteiger partial charge in [0.15, 0.2) is 0 Å². The molecule has 0 heterocycles. The molecule has 4 nitrogen and oxygen atoms in total. The molecule has 1 atom stereocenters. The molecule has 0 spiro atoms. The van der Waals surface area contributed by atoms with E-state index in [4.69, 9.17) is 46.4 Å². The van der Waals surface area contributed by atoms with Gasteiger partial charge in [-0.25, -0.2) is 0 Å². The molecule has 0 fully saturated rings. The molecule has 0 aliphatic rings. The number of halogens is 4. The fraction of sp³-hybridized carbons (Fsp3) is 0.286. The lowest BCUT2D eigenvalue weighted by Crippen LogP contribution is -2.51. The molecule has 0 aliphatic heterocycles. The first-order valence-corrected chi connectivity index (χ1v) is 13.1. The van der Waals surface area contributed by atoms with Crippen molar-refractivity contribution in [2.75, 3.05) is 6.54 Å². The Morgan fingerprint density at radius 3 is 2.14 bits per heavy atom. The topological polar surface area (TPSA) is 49.4 Å². The zero-order chi connectivity index (χ0) is 26.2. The van der Waals surface area contributed by atoms with E-state index in [1.165, 1.54) is 0 Å². The molecule has 0 saturated carbocycles. The minimum atomic E-state index is -0.786. The number of carbonyl (C=O) groups excluding carboxylic acids is 2. The van der Waals surface area contributed by atoms with Crippen molar-refractivity contribution in [3.05, 3.63) is 104 Å². The Bertz CT molecular complexity index is 1180. The highest BCUT2D eigenvalue weighted by molar-refractivity contribution is 6.36. The van der Waals surface area contributed by atoms with Crippen LogP contribution in [0.2, 0.25) is 20.1 Å². The quantitative estimate of drug-likeness (QED) is 0.281. The van der Waals surface area contributed by atoms with E-state index in [-0.39, 0.29) is 30.7 Å². The lowest BCUT2D eigenvalue weighted by atomic mass is 10.0. The zero-order valence-electron chi connectivity index (χ0n) is 20.1. The van der Waals surface area contributed by atoms with E-state index in [2.05, 4.69) is 5.32 Å². The Morgan fingerprint density at radius 2 is 1.53 bits per heavy atom. The summed E-state index contributed by atoms with van der Waals surface area (Å²) in [5.74, 6) is -0.281. The summed E-state index contributed by atoms with van der Waals surface area (Å²) in [6.45, 7) is 4.64. The summed E-state index contributed by atoms with van der Waals surface area (Å²) in [7, 11) is 0. The molecule has 3 rings (SSSR count). The normalized spacial score (nSPS) is 11.9. The van der Waals surface area contributed by atoms with E-state index in [0.717, 1.165) is 5.56 Å². The first kappa shape index (κ1) is 28.3. The summed E-state index contributed by atoms with van der Waals surface area (Å²) in [4.78, 5) is 28.9. The van der Waals surface area contributed by atoms with Crippen LogP contribution in [-0.4, -0.2) is 29.3 Å². The highest BCUT2D eigenvalue weighted by atomic mass is 35.5. The monoisotopic (exact) mass is 564 g/mol. The van der Waals surface area contributed by atoms with Crippen molar-refractivity contribution in [2.24, 2.45) is 5.92 Å². The predicted molar refractivity (Wildman–Crippen MR) is 149 cm³/mol. The molecule has 3 aromatic rings. The van der Waals surface area contributed by atoms with Gasteiger partial charge in [0.25, 0.3) is 0 Å². The number of nitrogens with zero attached hydrogens (tertiary/aromatic N) is 1. The third-order valence-electron chi connectivity index (χ3n) is 5.70. The van der Waals surface area contributed by atoms with Crippen LogP contribution in [0.1, 0.15) is 30.5 Å². The van der Waals surface area contributed by atoms with Gasteiger partial charge >= 0.3 is 0 Å². The van der Waals surface area contributed by atoms with E-state index in [9.17, 15) is 9.59 Å². The van der Waals surface area contributed by atoms with Gasteiger partial charge < -0.3 is 10.2 Å². The first-order valence-electron chi connectivity index (χ1n) is 11.6. The predicted octanol–water partition coefficient (Wildman–Crippen LogP) is 7.26. The van der Waals surface area contributed by atoms with Crippen LogP contribution < -0.4 is 5.32 Å². The fourth-order valence-electron chi connectivity index (χ4n) is 3.76. The van der Waals surface area contributed by atoms with Gasteiger partial charge in [0.1, 0.15) is 6.04 Å². The van der Waals surface area contributed by atoms with E-state index in [1.54, 1.807) is 41.3 Å². The van der Waals surface area contributed by atoms with E-state index < -0.39 is 6.04 Å². The third-order valence-corrected chi connectivity index (χ3v) is 7.00. The van der Waals surface area contributed by atoms with Crippen LogP contribution in [0.3, 0.4) is 0 Å². The number of rotatable bonds is 10. The molecule has 0 unspecified atom stereocenters. The lowest BCUT2D eigenvalue weighted by molar-refractivity contribution is -0.140. The molecule has 0 bridgehead atoms. The van der Waals surface area contributed by atoms with Crippen molar-refractivity contribution >= 4 is 58.2 Å². The average molecular weight is 566 g/mol. The van der Waals surface area contributed by atoms with Crippen LogP contribution in [0.15, 0.2) is 66.7 Å². The van der Waals surface area contributed by atoms with E-state index in [1.807, 2.05) is 44.2 Å². The summed E-state index contributed by atoms with van der Waals surface area (Å²) < 4.78 is 0. The van der Waals surface area contributed by atoms with Crippen molar-refractivity contribution in [2.45, 2.75) is 39.3 Å². The molecular weight excluding hydrogens is 538 g/mol. The van der Waals surface area contributed by atoms with Crippen LogP contribution in [-0.2, 0) is 29.0 Å². The van der Waals surface area contributed by atoms with Gasteiger partial charge in [-0.2, -0.15) is 0 Å². The van der Waals surface area contributed by atoms with E-state index in [0.29, 0.717) is 44.2 Å². The highest BCUT2D eigenvalue weighted by Gasteiger charge is 2.31. The number of nitrogens with one attached hydrogen (secondary N) is 1. The number of hydrogen-bond donors (Lipinski definition) is 1. The van der Waals surface area contributed by atoms with Crippen molar-refractivity contribution in [1.29, 1.82) is 0 Å². The maximum atomic E-state index is 13.8. The zero-order valence-corrected chi connectivity index (χ0v) is 23.1. The van der Waals surface area contributed by atoms with Gasteiger partial charge in [-0.1, -0.05) is 103 Å². The highest BCUT2D eigenvalue weighted by Crippen LogP contribution is 2.28. The molecule has 0 radical (unpaired) electrons. The summed E-state index contributed by atoms with van der Waals surface area (Å²) in [5, 5.41) is 4.68. The molecule has 3 aromatic carbocycles. The van der Waals surface area contributed by atoms with Crippen LogP contribution in [0.4, 0.5) is 0 Å². The maximum Gasteiger partial charge on any atom is 0.243 e. The first-order chi connectivity index (χ1) is 17.2. The SMILES string of the molecule is CC(C)CNC(=O)[C@H](Cc1ccccc1)N(Cc1ccc(Cl)cc1Cl)C(=O)Cc1c(Cl)cccc1Cl. The molecule has 190 valence electrons. The number of carbonyl (C=O) groups is 2. The van der Waals surface area contributed by atoms with Gasteiger partial charge in [0.05, 0.1) is 6.42 Å². The van der Waals surface area contributed by atoms with Gasteiger partial charge in [0.2, 0.25) is 11.8 Å². The van der Waals surface area contributed by atoms with Crippen molar-refractivity contribution in [3.8, 4) is 0 Å². The Morgan fingerprint density at radius 1 is 0.861 bits per heavy atom. The van der Waals surface area contributed by atoms with Crippen LogP contribution in [0, 0.1) is 5.92 Å².